The van der Waals surface area contributed by atoms with Crippen LogP contribution in [0.4, 0.5) is 8.78 Å². The predicted octanol–water partition coefficient (Wildman–Crippen LogP) is 3.25. The molecule has 94 valence electrons. The van der Waals surface area contributed by atoms with E-state index in [1.807, 2.05) is 0 Å². The Morgan fingerprint density at radius 2 is 1.33 bits per heavy atom. The summed E-state index contributed by atoms with van der Waals surface area (Å²) in [4.78, 5) is 0. The molecule has 0 heterocycles. The number of nitrogens with two attached hydrogens (primary N) is 1. The topological polar surface area (TPSA) is 26.0 Å². The van der Waals surface area contributed by atoms with Crippen molar-refractivity contribution >= 4 is 0 Å². The molecule has 0 bridgehead atoms. The largest absolute Gasteiger partial charge is 0.330 e. The van der Waals surface area contributed by atoms with Crippen LogP contribution in [0.2, 0.25) is 0 Å². The molecule has 0 saturated heterocycles. The third kappa shape index (κ3) is 3.14. The van der Waals surface area contributed by atoms with Gasteiger partial charge in [0.2, 0.25) is 0 Å². The minimum Gasteiger partial charge on any atom is -0.330 e. The predicted molar refractivity (Wildman–Crippen MR) is 68.3 cm³/mol. The highest BCUT2D eigenvalue weighted by Crippen LogP contribution is 2.20. The van der Waals surface area contributed by atoms with Crippen LogP contribution in [0.15, 0.2) is 48.5 Å². The third-order valence-corrected chi connectivity index (χ3v) is 3.02. The molecule has 3 heteroatoms. The van der Waals surface area contributed by atoms with Gasteiger partial charge in [0.1, 0.15) is 11.6 Å². The molecule has 2 aromatic rings. The molecule has 0 aromatic heterocycles. The van der Waals surface area contributed by atoms with Crippen LogP contribution in [0.25, 0.3) is 0 Å². The van der Waals surface area contributed by atoms with E-state index in [9.17, 15) is 8.78 Å². The molecule has 18 heavy (non-hydrogen) atoms. The van der Waals surface area contributed by atoms with E-state index < -0.39 is 0 Å². The molecule has 0 fully saturated rings. The maximum Gasteiger partial charge on any atom is 0.123 e. The molecule has 2 aromatic carbocycles. The van der Waals surface area contributed by atoms with Crippen LogP contribution in [0.5, 0.6) is 0 Å². The molecular weight excluding hydrogens is 232 g/mol. The van der Waals surface area contributed by atoms with Gasteiger partial charge in [0, 0.05) is 5.92 Å². The van der Waals surface area contributed by atoms with Crippen LogP contribution in [0.3, 0.4) is 0 Å². The van der Waals surface area contributed by atoms with Crippen molar-refractivity contribution in [3.05, 3.63) is 71.3 Å². The Balaban J connectivity index is 2.14. The lowest BCUT2D eigenvalue weighted by Gasteiger charge is -2.15. The fourth-order valence-corrected chi connectivity index (χ4v) is 1.98. The van der Waals surface area contributed by atoms with E-state index in [0.29, 0.717) is 6.54 Å². The van der Waals surface area contributed by atoms with Gasteiger partial charge in [-0.1, -0.05) is 24.3 Å². The minimum absolute atomic E-state index is 0.121. The standard InChI is InChI=1S/C15H15F2N/c16-14-5-1-11(2-6-14)9-13(10-18)12-3-7-15(17)8-4-12/h1-8,13H,9-10,18H2. The van der Waals surface area contributed by atoms with Gasteiger partial charge < -0.3 is 5.73 Å². The van der Waals surface area contributed by atoms with E-state index >= 15 is 0 Å². The zero-order valence-electron chi connectivity index (χ0n) is 9.94. The lowest BCUT2D eigenvalue weighted by Crippen LogP contribution is -2.15. The van der Waals surface area contributed by atoms with Gasteiger partial charge in [-0.3, -0.25) is 0 Å². The number of benzene rings is 2. The maximum absolute atomic E-state index is 12.9. The summed E-state index contributed by atoms with van der Waals surface area (Å²) in [6.07, 6.45) is 0.725. The van der Waals surface area contributed by atoms with Crippen molar-refractivity contribution in [3.63, 3.8) is 0 Å². The van der Waals surface area contributed by atoms with Crippen LogP contribution in [-0.4, -0.2) is 6.54 Å². The molecule has 0 radical (unpaired) electrons. The van der Waals surface area contributed by atoms with Gasteiger partial charge in [0.05, 0.1) is 0 Å². The molecule has 0 saturated carbocycles. The van der Waals surface area contributed by atoms with Gasteiger partial charge in [0.25, 0.3) is 0 Å². The van der Waals surface area contributed by atoms with Gasteiger partial charge in [-0.25, -0.2) is 8.78 Å². The summed E-state index contributed by atoms with van der Waals surface area (Å²) in [6, 6.07) is 12.7. The molecule has 0 aliphatic heterocycles. The summed E-state index contributed by atoms with van der Waals surface area (Å²) in [6.45, 7) is 0.475. The highest BCUT2D eigenvalue weighted by molar-refractivity contribution is 5.25. The molecule has 1 atom stereocenters. The van der Waals surface area contributed by atoms with Crippen LogP contribution >= 0.6 is 0 Å². The monoisotopic (exact) mass is 247 g/mol. The zero-order chi connectivity index (χ0) is 13.0. The summed E-state index contributed by atoms with van der Waals surface area (Å²) in [7, 11) is 0. The first-order valence-electron chi connectivity index (χ1n) is 5.89. The van der Waals surface area contributed by atoms with Gasteiger partial charge in [-0.2, -0.15) is 0 Å². The second-order valence-corrected chi connectivity index (χ2v) is 4.31. The van der Waals surface area contributed by atoms with E-state index in [1.165, 1.54) is 24.3 Å². The Morgan fingerprint density at radius 1 is 0.833 bits per heavy atom. The second kappa shape index (κ2) is 5.74. The van der Waals surface area contributed by atoms with Gasteiger partial charge in [-0.05, 0) is 48.4 Å². The maximum atomic E-state index is 12.9. The van der Waals surface area contributed by atoms with Crippen molar-refractivity contribution in [2.45, 2.75) is 12.3 Å². The van der Waals surface area contributed by atoms with Crippen molar-refractivity contribution in [1.29, 1.82) is 0 Å². The van der Waals surface area contributed by atoms with E-state index in [1.54, 1.807) is 24.3 Å². The van der Waals surface area contributed by atoms with Crippen molar-refractivity contribution in [2.75, 3.05) is 6.54 Å². The number of hydrogen-bond acceptors (Lipinski definition) is 1. The van der Waals surface area contributed by atoms with Crippen molar-refractivity contribution < 1.29 is 8.78 Å². The van der Waals surface area contributed by atoms with E-state index in [4.69, 9.17) is 5.73 Å². The van der Waals surface area contributed by atoms with Crippen molar-refractivity contribution in [3.8, 4) is 0 Å². The van der Waals surface area contributed by atoms with Crippen LogP contribution in [0.1, 0.15) is 17.0 Å². The van der Waals surface area contributed by atoms with E-state index in [0.717, 1.165) is 17.5 Å². The van der Waals surface area contributed by atoms with Gasteiger partial charge in [-0.15, -0.1) is 0 Å². The molecule has 0 spiro atoms. The summed E-state index contributed by atoms with van der Waals surface area (Å²) in [5, 5.41) is 0. The first-order valence-corrected chi connectivity index (χ1v) is 5.89. The quantitative estimate of drug-likeness (QED) is 0.881. The first kappa shape index (κ1) is 12.7. The van der Waals surface area contributed by atoms with Crippen molar-refractivity contribution in [2.24, 2.45) is 5.73 Å². The first-order chi connectivity index (χ1) is 8.69. The lowest BCUT2D eigenvalue weighted by molar-refractivity contribution is 0.621. The number of hydrogen-bond donors (Lipinski definition) is 1. The van der Waals surface area contributed by atoms with Crippen LogP contribution in [0, 0.1) is 11.6 Å². The molecule has 0 amide bonds. The van der Waals surface area contributed by atoms with Gasteiger partial charge >= 0.3 is 0 Å². The van der Waals surface area contributed by atoms with Crippen LogP contribution < -0.4 is 5.73 Å². The molecule has 2 N–H and O–H groups in total. The average molecular weight is 247 g/mol. The fourth-order valence-electron chi connectivity index (χ4n) is 1.98. The molecule has 1 unspecified atom stereocenters. The smallest absolute Gasteiger partial charge is 0.123 e. The lowest BCUT2D eigenvalue weighted by atomic mass is 9.92. The minimum atomic E-state index is -0.253. The van der Waals surface area contributed by atoms with E-state index in [2.05, 4.69) is 0 Å². The Morgan fingerprint density at radius 3 is 1.83 bits per heavy atom. The van der Waals surface area contributed by atoms with Crippen LogP contribution in [-0.2, 0) is 6.42 Å². The highest BCUT2D eigenvalue weighted by atomic mass is 19.1. The normalized spacial score (nSPS) is 12.4. The van der Waals surface area contributed by atoms with E-state index in [-0.39, 0.29) is 17.6 Å². The Bertz CT molecular complexity index is 491. The molecular formula is C15H15F2N. The molecule has 0 aliphatic carbocycles. The second-order valence-electron chi connectivity index (χ2n) is 4.31. The molecule has 1 nitrogen and oxygen atoms in total. The molecule has 0 aliphatic rings. The molecule has 2 rings (SSSR count). The van der Waals surface area contributed by atoms with Crippen molar-refractivity contribution in [1.82, 2.24) is 0 Å². The highest BCUT2D eigenvalue weighted by Gasteiger charge is 2.10. The summed E-state index contributed by atoms with van der Waals surface area (Å²) in [5.41, 5.74) is 7.78. The Hall–Kier alpha value is -1.74. The summed E-state index contributed by atoms with van der Waals surface area (Å²) >= 11 is 0. The Labute approximate surface area is 105 Å². The SMILES string of the molecule is NCC(Cc1ccc(F)cc1)c1ccc(F)cc1. The summed E-state index contributed by atoms with van der Waals surface area (Å²) < 4.78 is 25.7. The Kier molecular flexibility index (Phi) is 4.05. The number of rotatable bonds is 4. The third-order valence-electron chi connectivity index (χ3n) is 3.02. The summed E-state index contributed by atoms with van der Waals surface area (Å²) in [5.74, 6) is -0.378. The van der Waals surface area contributed by atoms with Gasteiger partial charge in [0.15, 0.2) is 0 Å². The zero-order valence-corrected chi connectivity index (χ0v) is 9.94. The average Bonchev–Trinajstić information content (AvgIpc) is 2.39. The fraction of sp³-hybridized carbons (Fsp3) is 0.200. The number of halogens is 2.